The molecule has 2 saturated carbocycles. The van der Waals surface area contributed by atoms with Crippen molar-refractivity contribution in [1.29, 1.82) is 0 Å². The van der Waals surface area contributed by atoms with Crippen molar-refractivity contribution in [3.8, 4) is 33.6 Å². The average molecular weight is 1770 g/mol. The molecule has 10 aliphatic rings. The Balaban J connectivity index is 0.000000138. The van der Waals surface area contributed by atoms with Crippen LogP contribution in [0.1, 0.15) is 246 Å². The van der Waals surface area contributed by atoms with E-state index in [1.807, 2.05) is 0 Å². The zero-order valence-electron chi connectivity index (χ0n) is 82.7. The lowest BCUT2D eigenvalue weighted by atomic mass is 9.33. The fraction of sp³-hybridized carbons (Fsp3) is 0.302. The van der Waals surface area contributed by atoms with Crippen LogP contribution in [0.3, 0.4) is 0 Å². The molecular formula is C126H120B2N6O2. The Kier molecular flexibility index (Phi) is 16.4. The molecule has 136 heavy (non-hydrogen) atoms. The van der Waals surface area contributed by atoms with Crippen LogP contribution in [0.15, 0.2) is 276 Å². The number of furan rings is 2. The molecule has 0 bridgehead atoms. The van der Waals surface area contributed by atoms with Crippen LogP contribution in [0.25, 0.3) is 99.3 Å². The minimum Gasteiger partial charge on any atom is -0.456 e. The second-order valence-corrected chi connectivity index (χ2v) is 48.1. The van der Waals surface area contributed by atoms with Crippen LogP contribution in [0.5, 0.6) is 0 Å². The number of aromatic nitrogens is 2. The van der Waals surface area contributed by atoms with Crippen molar-refractivity contribution >= 4 is 169 Å². The van der Waals surface area contributed by atoms with Gasteiger partial charge in [-0.15, -0.1) is 0 Å². The van der Waals surface area contributed by atoms with Crippen LogP contribution in [-0.4, -0.2) is 33.6 Å². The summed E-state index contributed by atoms with van der Waals surface area (Å²) in [7, 11) is 0. The first-order valence-corrected chi connectivity index (χ1v) is 50.5. The summed E-state index contributed by atoms with van der Waals surface area (Å²) < 4.78 is 19.2. The van der Waals surface area contributed by atoms with Crippen molar-refractivity contribution in [1.82, 2.24) is 9.13 Å². The normalized spacial score (nSPS) is 20.7. The summed E-state index contributed by atoms with van der Waals surface area (Å²) in [6.07, 6.45) is 9.66. The molecule has 10 heteroatoms. The highest BCUT2D eigenvalue weighted by atomic mass is 16.3. The predicted molar refractivity (Wildman–Crippen MR) is 575 cm³/mol. The van der Waals surface area contributed by atoms with Gasteiger partial charge in [-0.2, -0.15) is 0 Å². The lowest BCUT2D eigenvalue weighted by molar-refractivity contribution is 0.195. The maximum Gasteiger partial charge on any atom is 0.252 e. The van der Waals surface area contributed by atoms with Crippen LogP contribution in [0.4, 0.5) is 56.9 Å². The number of benzene rings is 14. The van der Waals surface area contributed by atoms with E-state index in [4.69, 9.17) is 8.83 Å². The molecule has 0 spiro atoms. The van der Waals surface area contributed by atoms with E-state index in [9.17, 15) is 0 Å². The number of nitrogens with zero attached hydrogens (tertiary/aromatic N) is 6. The summed E-state index contributed by atoms with van der Waals surface area (Å²) in [6.45, 7) is 48.5. The third-order valence-corrected chi connectivity index (χ3v) is 36.0. The summed E-state index contributed by atoms with van der Waals surface area (Å²) in [6, 6.07) is 104. The highest BCUT2D eigenvalue weighted by Crippen LogP contribution is 2.66. The molecule has 2 fully saturated rings. The molecule has 0 saturated heterocycles. The van der Waals surface area contributed by atoms with Crippen molar-refractivity contribution in [3.05, 3.63) is 323 Å². The van der Waals surface area contributed by atoms with Crippen molar-refractivity contribution in [2.75, 3.05) is 19.6 Å². The van der Waals surface area contributed by atoms with Gasteiger partial charge in [0.05, 0.1) is 27.8 Å². The van der Waals surface area contributed by atoms with Gasteiger partial charge in [0.1, 0.15) is 16.7 Å². The van der Waals surface area contributed by atoms with Gasteiger partial charge in [0.15, 0.2) is 5.58 Å². The zero-order chi connectivity index (χ0) is 93.2. The van der Waals surface area contributed by atoms with Crippen molar-refractivity contribution in [3.63, 3.8) is 0 Å². The number of para-hydroxylation sites is 5. The van der Waals surface area contributed by atoms with Gasteiger partial charge in [-0.1, -0.05) is 326 Å². The molecule has 4 aromatic heterocycles. The van der Waals surface area contributed by atoms with Gasteiger partial charge in [0, 0.05) is 139 Å². The number of anilines is 10. The minimum absolute atomic E-state index is 0.0115. The average Bonchev–Trinajstić information content (AvgIpc) is 1.52. The Hall–Kier alpha value is -12.9. The van der Waals surface area contributed by atoms with Gasteiger partial charge in [0.25, 0.3) is 13.4 Å². The van der Waals surface area contributed by atoms with Gasteiger partial charge in [-0.25, -0.2) is 0 Å². The van der Waals surface area contributed by atoms with E-state index in [1.54, 1.807) is 0 Å². The van der Waals surface area contributed by atoms with Gasteiger partial charge in [-0.3, -0.25) is 0 Å². The fourth-order valence-corrected chi connectivity index (χ4v) is 28.6. The van der Waals surface area contributed by atoms with Gasteiger partial charge >= 0.3 is 0 Å². The first-order chi connectivity index (χ1) is 65.0. The van der Waals surface area contributed by atoms with E-state index in [0.29, 0.717) is 0 Å². The van der Waals surface area contributed by atoms with E-state index in [1.165, 1.54) is 228 Å². The monoisotopic (exact) mass is 1770 g/mol. The third-order valence-electron chi connectivity index (χ3n) is 36.0. The minimum atomic E-state index is -0.204. The molecule has 672 valence electrons. The van der Waals surface area contributed by atoms with E-state index >= 15 is 0 Å². The lowest BCUT2D eigenvalue weighted by Gasteiger charge is -2.50. The standard InChI is InChI=1S/2C63H60BN3O/c1-59(2,3)37-27-30-48-45(33-37)62(9)31-15-16-32-63(62,10)67(48)39-28-29-46-50(36-39)65(49-25-18-21-41-40-19-12-14-26-53(40)68-57(41)49)51-34-38(60(4,5)6)35-52-55(51)64(46)47-24-17-22-43-54-42-20-11-13-23-44(42)61(7,8)58(54)66(52)56(43)47;1-59(2,3)37-27-30-47-44(33-37)62(9)31-15-16-32-63(62,10)67(47)39-28-29-45-49(36-39)65(48-24-18-26-53-55(48)41-20-12-14-25-52(41)68-53)50-34-38(60(4,5)6)35-51-56(50)64(45)46-23-17-21-42-54-40-19-11-13-22-43(40)61(7,8)58(54)66(51)57(42)46/h2*11-14,17-30,33-36H,15-16,31-32H2,1-10H3. The highest BCUT2D eigenvalue weighted by Gasteiger charge is 2.61. The van der Waals surface area contributed by atoms with Crippen molar-refractivity contribution in [2.24, 2.45) is 0 Å². The maximum atomic E-state index is 7.03. The molecule has 0 N–H and O–H groups in total. The molecular weight excluding hydrogens is 1650 g/mol. The lowest BCUT2D eigenvalue weighted by Crippen LogP contribution is -2.61. The van der Waals surface area contributed by atoms with Gasteiger partial charge in [-0.05, 0) is 241 Å². The molecule has 6 aliphatic heterocycles. The van der Waals surface area contributed by atoms with Gasteiger partial charge < -0.3 is 37.6 Å². The van der Waals surface area contributed by atoms with Crippen molar-refractivity contribution in [2.45, 2.75) is 244 Å². The topological polar surface area (TPSA) is 49.1 Å². The Labute approximate surface area is 801 Å². The second kappa shape index (κ2) is 27.1. The van der Waals surface area contributed by atoms with Crippen LogP contribution in [0, 0.1) is 0 Å². The summed E-state index contributed by atoms with van der Waals surface area (Å²) in [5, 5.41) is 7.28. The first-order valence-electron chi connectivity index (χ1n) is 50.5. The zero-order valence-corrected chi connectivity index (χ0v) is 82.7. The molecule has 0 amide bonds. The molecule has 4 unspecified atom stereocenters. The highest BCUT2D eigenvalue weighted by molar-refractivity contribution is 7.01. The smallest absolute Gasteiger partial charge is 0.252 e. The Morgan fingerprint density at radius 2 is 0.684 bits per heavy atom. The Morgan fingerprint density at radius 1 is 0.287 bits per heavy atom. The molecule has 4 atom stereocenters. The van der Waals surface area contributed by atoms with E-state index < -0.39 is 0 Å². The van der Waals surface area contributed by atoms with Crippen LogP contribution in [0.2, 0.25) is 0 Å². The first kappa shape index (κ1) is 82.5. The summed E-state index contributed by atoms with van der Waals surface area (Å²) >= 11 is 0. The Morgan fingerprint density at radius 3 is 1.18 bits per heavy atom. The van der Waals surface area contributed by atoms with Crippen molar-refractivity contribution < 1.29 is 8.83 Å². The Bertz CT molecular complexity index is 8370. The van der Waals surface area contributed by atoms with Crippen LogP contribution >= 0.6 is 0 Å². The molecule has 28 rings (SSSR count). The molecule has 14 aromatic carbocycles. The van der Waals surface area contributed by atoms with Gasteiger partial charge in [0.2, 0.25) is 0 Å². The summed E-state index contributed by atoms with van der Waals surface area (Å²) in [5.74, 6) is 0. The fourth-order valence-electron chi connectivity index (χ4n) is 28.6. The van der Waals surface area contributed by atoms with Crippen LogP contribution < -0.4 is 52.4 Å². The second-order valence-electron chi connectivity index (χ2n) is 48.1. The van der Waals surface area contributed by atoms with E-state index in [0.717, 1.165) is 68.1 Å². The number of fused-ring (bicyclic) bond motifs is 30. The SMILES string of the molecule is CC(C)(C)c1cc2c3c(c1)-n1c4c(c5cccc(c51)B3c1ccc(N3c5ccc(C(C)(C)C)cc5C5(C)CCCCC35C)cc1N2c1cccc2c1oc1ccccc12)-c1ccccc1C4(C)C.CC(C)(C)c1cc2c3c(c1)-n1c4c(c5cccc(c51)B3c1ccc(N3c5ccc(C(C)(C)C)cc5C5(C)CCCCC35C)cc1N2c1cccc2oc3ccccc3c12)-c1ccccc1C4(C)C. The molecule has 0 radical (unpaired) electrons. The third kappa shape index (κ3) is 10.5. The quantitative estimate of drug-likeness (QED) is 0.164. The van der Waals surface area contributed by atoms with E-state index in [-0.39, 0.29) is 67.8 Å². The van der Waals surface area contributed by atoms with E-state index in [2.05, 4.69) is 434 Å². The molecule has 8 nitrogen and oxygen atoms in total. The predicted octanol–water partition coefficient (Wildman–Crippen LogP) is 29.6. The van der Waals surface area contributed by atoms with Crippen LogP contribution in [-0.2, 0) is 43.3 Å². The summed E-state index contributed by atoms with van der Waals surface area (Å²) in [5.41, 5.74) is 48.5. The maximum absolute atomic E-state index is 7.03. The molecule has 4 aliphatic carbocycles. The largest absolute Gasteiger partial charge is 0.456 e. The summed E-state index contributed by atoms with van der Waals surface area (Å²) in [4.78, 5) is 10.8. The number of hydrogen-bond donors (Lipinski definition) is 0. The number of rotatable bonds is 4. The molecule has 18 aromatic rings. The molecule has 10 heterocycles. The number of hydrogen-bond acceptors (Lipinski definition) is 6.